The molecule has 0 amide bonds. The molecule has 30 heavy (non-hydrogen) atoms. The number of halogens is 2. The summed E-state index contributed by atoms with van der Waals surface area (Å²) in [6, 6.07) is 5.65. The molecule has 0 unspecified atom stereocenters. The molecule has 0 saturated carbocycles. The number of hydrogen-bond acceptors (Lipinski definition) is 5. The number of allylic oxidation sites excluding steroid dienone is 1. The maximum absolute atomic E-state index is 6.37. The normalized spacial score (nSPS) is 22.0. The summed E-state index contributed by atoms with van der Waals surface area (Å²) in [5.74, 6) is 1.01. The molecule has 0 bridgehead atoms. The van der Waals surface area contributed by atoms with E-state index in [2.05, 4.69) is 11.9 Å². The second-order valence-electron chi connectivity index (χ2n) is 7.90. The second-order valence-corrected chi connectivity index (χ2v) is 10.8. The maximum atomic E-state index is 6.37. The molecule has 0 spiro atoms. The monoisotopic (exact) mass is 475 g/mol. The van der Waals surface area contributed by atoms with Gasteiger partial charge < -0.3 is 0 Å². The summed E-state index contributed by atoms with van der Waals surface area (Å²) in [6.45, 7) is 2.25. The first-order valence-electron chi connectivity index (χ1n) is 10.5. The van der Waals surface area contributed by atoms with Crippen LogP contribution in [0.1, 0.15) is 62.6 Å². The number of fused-ring (bicyclic) bond motifs is 4. The third-order valence-electron chi connectivity index (χ3n) is 6.07. The third-order valence-corrected chi connectivity index (χ3v) is 9.18. The second kappa shape index (κ2) is 8.85. The Bertz CT molecular complexity index is 1030. The maximum Gasteiger partial charge on any atom is 0.117 e. The van der Waals surface area contributed by atoms with Crippen molar-refractivity contribution in [2.24, 2.45) is 4.99 Å². The summed E-state index contributed by atoms with van der Waals surface area (Å²) in [4.78, 5) is 15.8. The van der Waals surface area contributed by atoms with Gasteiger partial charge in [0, 0.05) is 21.5 Å². The first-order chi connectivity index (χ1) is 14.7. The number of aromatic nitrogens is 2. The fourth-order valence-corrected chi connectivity index (χ4v) is 7.87. The lowest BCUT2D eigenvalue weighted by atomic mass is 9.87. The number of nitrogens with zero attached hydrogens (tertiary/aromatic N) is 3. The highest BCUT2D eigenvalue weighted by molar-refractivity contribution is 8.02. The molecule has 2 aliphatic heterocycles. The molecule has 0 N–H and O–H groups in total. The van der Waals surface area contributed by atoms with Gasteiger partial charge in [-0.05, 0) is 55.4 Å². The third kappa shape index (κ3) is 3.72. The first kappa shape index (κ1) is 20.9. The summed E-state index contributed by atoms with van der Waals surface area (Å²) >= 11 is 16.3. The smallest absolute Gasteiger partial charge is 0.117 e. The van der Waals surface area contributed by atoms with E-state index in [1.165, 1.54) is 54.0 Å². The van der Waals surface area contributed by atoms with Gasteiger partial charge in [-0.1, -0.05) is 59.9 Å². The van der Waals surface area contributed by atoms with Gasteiger partial charge in [0.15, 0.2) is 0 Å². The molecule has 2 aromatic rings. The Balaban J connectivity index is 1.45. The van der Waals surface area contributed by atoms with E-state index in [-0.39, 0.29) is 5.37 Å². The molecular formula is C23H23Cl2N3S2. The molecule has 7 heteroatoms. The van der Waals surface area contributed by atoms with Crippen LogP contribution in [0, 0.1) is 0 Å². The lowest BCUT2D eigenvalue weighted by Crippen LogP contribution is -2.21. The number of rotatable bonds is 6. The van der Waals surface area contributed by atoms with E-state index in [4.69, 9.17) is 33.2 Å². The van der Waals surface area contributed by atoms with Gasteiger partial charge in [0.05, 0.1) is 16.5 Å². The standard InChI is InChI=1S/C23H23Cl2N3S2/c1-2-3-10-18-13-6-4-7-14(13)19-20-21(30-22(19)28-18)23(27-12-26-20)29-11-15-16(24)8-5-9-17(15)25/h5,8-9,12,19,22H,2-4,6-7,10-11H2,1H3/t19-,22-/m0/s1. The Labute approximate surface area is 196 Å². The number of aliphatic imine (C=N–C) groups is 1. The lowest BCUT2D eigenvalue weighted by molar-refractivity contribution is 0.687. The van der Waals surface area contributed by atoms with Crippen molar-refractivity contribution in [1.29, 1.82) is 0 Å². The Morgan fingerprint density at radius 3 is 2.80 bits per heavy atom. The van der Waals surface area contributed by atoms with Crippen molar-refractivity contribution in [2.45, 2.75) is 72.4 Å². The van der Waals surface area contributed by atoms with Gasteiger partial charge in [-0.25, -0.2) is 9.97 Å². The molecule has 1 aromatic carbocycles. The molecule has 1 aromatic heterocycles. The zero-order valence-electron chi connectivity index (χ0n) is 16.8. The van der Waals surface area contributed by atoms with Crippen LogP contribution in [0.2, 0.25) is 10.0 Å². The highest BCUT2D eigenvalue weighted by Gasteiger charge is 2.44. The summed E-state index contributed by atoms with van der Waals surface area (Å²) in [5.41, 5.74) is 6.61. The topological polar surface area (TPSA) is 38.1 Å². The number of unbranched alkanes of at least 4 members (excludes halogenated alkanes) is 1. The summed E-state index contributed by atoms with van der Waals surface area (Å²) in [5, 5.41) is 2.63. The number of dihydropyridines is 1. The summed E-state index contributed by atoms with van der Waals surface area (Å²) < 4.78 is 0. The van der Waals surface area contributed by atoms with E-state index in [9.17, 15) is 0 Å². The molecule has 3 nitrogen and oxygen atoms in total. The van der Waals surface area contributed by atoms with Crippen molar-refractivity contribution >= 4 is 52.4 Å². The molecule has 5 rings (SSSR count). The molecule has 0 fully saturated rings. The fourth-order valence-electron chi connectivity index (χ4n) is 4.61. The van der Waals surface area contributed by atoms with Crippen LogP contribution in [0.3, 0.4) is 0 Å². The molecule has 156 valence electrons. The molecule has 0 radical (unpaired) electrons. The van der Waals surface area contributed by atoms with Gasteiger partial charge >= 0.3 is 0 Å². The van der Waals surface area contributed by atoms with E-state index in [0.717, 1.165) is 17.0 Å². The minimum atomic E-state index is 0.212. The summed E-state index contributed by atoms with van der Waals surface area (Å²) in [7, 11) is 0. The van der Waals surface area contributed by atoms with Gasteiger partial charge in [-0.3, -0.25) is 4.99 Å². The number of benzene rings is 1. The Hall–Kier alpha value is -1.01. The fraction of sp³-hybridized carbons (Fsp3) is 0.435. The first-order valence-corrected chi connectivity index (χ1v) is 13.2. The molecular weight excluding hydrogens is 453 g/mol. The number of hydrogen-bond donors (Lipinski definition) is 0. The summed E-state index contributed by atoms with van der Waals surface area (Å²) in [6.07, 6.45) is 8.85. The van der Waals surface area contributed by atoms with Gasteiger partial charge in [-0.15, -0.1) is 11.8 Å². The van der Waals surface area contributed by atoms with E-state index in [1.54, 1.807) is 23.7 Å². The van der Waals surface area contributed by atoms with Gasteiger partial charge in [0.2, 0.25) is 0 Å². The van der Waals surface area contributed by atoms with E-state index < -0.39 is 0 Å². The Morgan fingerprint density at radius 1 is 1.17 bits per heavy atom. The van der Waals surface area contributed by atoms with Crippen LogP contribution in [0.15, 0.2) is 50.6 Å². The van der Waals surface area contributed by atoms with Crippen molar-refractivity contribution in [1.82, 2.24) is 9.97 Å². The number of thioether (sulfide) groups is 2. The van der Waals surface area contributed by atoms with Crippen LogP contribution in [-0.4, -0.2) is 21.1 Å². The lowest BCUT2D eigenvalue weighted by Gasteiger charge is -2.26. The minimum Gasteiger partial charge on any atom is -0.274 e. The molecule has 3 heterocycles. The zero-order valence-corrected chi connectivity index (χ0v) is 20.0. The van der Waals surface area contributed by atoms with Crippen LogP contribution in [0.25, 0.3) is 0 Å². The Morgan fingerprint density at radius 2 is 2.00 bits per heavy atom. The van der Waals surface area contributed by atoms with Gasteiger partial charge in [0.1, 0.15) is 16.7 Å². The predicted molar refractivity (Wildman–Crippen MR) is 128 cm³/mol. The average Bonchev–Trinajstić information content (AvgIpc) is 3.36. The molecule has 0 saturated heterocycles. The molecule has 1 aliphatic carbocycles. The van der Waals surface area contributed by atoms with Crippen LogP contribution in [0.4, 0.5) is 0 Å². The minimum absolute atomic E-state index is 0.212. The molecule has 2 atom stereocenters. The van der Waals surface area contributed by atoms with Crippen molar-refractivity contribution in [3.8, 4) is 0 Å². The van der Waals surface area contributed by atoms with E-state index in [1.807, 2.05) is 30.0 Å². The Kier molecular flexibility index (Phi) is 6.16. The van der Waals surface area contributed by atoms with Gasteiger partial charge in [0.25, 0.3) is 0 Å². The van der Waals surface area contributed by atoms with E-state index in [0.29, 0.717) is 21.7 Å². The SMILES string of the molecule is CCCCC1=N[C@H]2Sc3c(SCc4c(Cl)cccc4Cl)ncnc3[C@@H]2C2=C1CCC2. The van der Waals surface area contributed by atoms with Crippen molar-refractivity contribution in [2.75, 3.05) is 0 Å². The van der Waals surface area contributed by atoms with Crippen molar-refractivity contribution in [3.63, 3.8) is 0 Å². The molecule has 3 aliphatic rings. The zero-order chi connectivity index (χ0) is 20.7. The van der Waals surface area contributed by atoms with Crippen molar-refractivity contribution in [3.05, 3.63) is 57.0 Å². The highest BCUT2D eigenvalue weighted by atomic mass is 35.5. The van der Waals surface area contributed by atoms with E-state index >= 15 is 0 Å². The van der Waals surface area contributed by atoms with Crippen LogP contribution < -0.4 is 0 Å². The highest BCUT2D eigenvalue weighted by Crippen LogP contribution is 2.56. The average molecular weight is 476 g/mol. The largest absolute Gasteiger partial charge is 0.274 e. The van der Waals surface area contributed by atoms with Crippen LogP contribution >= 0.6 is 46.7 Å². The van der Waals surface area contributed by atoms with Crippen LogP contribution in [0.5, 0.6) is 0 Å². The van der Waals surface area contributed by atoms with Crippen LogP contribution in [-0.2, 0) is 5.75 Å². The quantitative estimate of drug-likeness (QED) is 0.316. The van der Waals surface area contributed by atoms with Crippen molar-refractivity contribution < 1.29 is 0 Å². The predicted octanol–water partition coefficient (Wildman–Crippen LogP) is 7.72. The van der Waals surface area contributed by atoms with Gasteiger partial charge in [-0.2, -0.15) is 0 Å².